The van der Waals surface area contributed by atoms with Crippen LogP contribution in [0.3, 0.4) is 0 Å². The molecule has 110 valence electrons. The molecule has 6 nitrogen and oxygen atoms in total. The number of sulfonamides is 1. The molecule has 0 saturated heterocycles. The average Bonchev–Trinajstić information content (AvgIpc) is 3.27. The van der Waals surface area contributed by atoms with E-state index in [4.69, 9.17) is 5.73 Å². The zero-order valence-electron chi connectivity index (χ0n) is 11.1. The van der Waals surface area contributed by atoms with Gasteiger partial charge in [0.2, 0.25) is 10.0 Å². The minimum Gasteiger partial charge on any atom is -0.351 e. The third-order valence-corrected chi connectivity index (χ3v) is 4.52. The Morgan fingerprint density at radius 1 is 1.35 bits per heavy atom. The summed E-state index contributed by atoms with van der Waals surface area (Å²) in [5.74, 6) is 0.135. The van der Waals surface area contributed by atoms with Crippen LogP contribution in [-0.4, -0.2) is 34.0 Å². The summed E-state index contributed by atoms with van der Waals surface area (Å²) >= 11 is 0. The number of hydrogen-bond acceptors (Lipinski definition) is 4. The summed E-state index contributed by atoms with van der Waals surface area (Å²) in [7, 11) is -3.55. The lowest BCUT2D eigenvalue weighted by atomic mass is 10.2. The zero-order chi connectivity index (χ0) is 14.6. The molecular formula is C13H19N3O3S. The molecule has 1 saturated carbocycles. The van der Waals surface area contributed by atoms with Crippen molar-refractivity contribution >= 4 is 15.9 Å². The van der Waals surface area contributed by atoms with E-state index in [-0.39, 0.29) is 10.8 Å². The Balaban J connectivity index is 2.09. The number of carbonyl (C=O) groups is 1. The van der Waals surface area contributed by atoms with E-state index in [2.05, 4.69) is 10.0 Å². The largest absolute Gasteiger partial charge is 0.351 e. The van der Waals surface area contributed by atoms with Crippen LogP contribution in [0.2, 0.25) is 0 Å². The number of nitrogens with one attached hydrogen (secondary N) is 2. The van der Waals surface area contributed by atoms with Crippen molar-refractivity contribution in [1.29, 1.82) is 0 Å². The normalized spacial score (nSPS) is 15.1. The molecule has 1 fully saturated rings. The fraction of sp³-hybridized carbons (Fsp3) is 0.462. The van der Waals surface area contributed by atoms with E-state index in [9.17, 15) is 13.2 Å². The summed E-state index contributed by atoms with van der Waals surface area (Å²) in [5.41, 5.74) is 5.62. The van der Waals surface area contributed by atoms with Crippen LogP contribution in [0.15, 0.2) is 29.2 Å². The highest BCUT2D eigenvalue weighted by Crippen LogP contribution is 2.28. The first-order valence-electron chi connectivity index (χ1n) is 6.61. The van der Waals surface area contributed by atoms with Crippen LogP contribution in [0, 0.1) is 5.92 Å². The van der Waals surface area contributed by atoms with Crippen LogP contribution in [0.4, 0.5) is 0 Å². The molecule has 20 heavy (non-hydrogen) atoms. The predicted molar refractivity (Wildman–Crippen MR) is 75.7 cm³/mol. The first-order chi connectivity index (χ1) is 9.53. The minimum atomic E-state index is -3.55. The number of nitrogens with two attached hydrogens (primary N) is 1. The molecule has 2 rings (SSSR count). The zero-order valence-corrected chi connectivity index (χ0v) is 11.9. The maximum Gasteiger partial charge on any atom is 0.251 e. The maximum atomic E-state index is 12.1. The van der Waals surface area contributed by atoms with Gasteiger partial charge in [-0.15, -0.1) is 0 Å². The van der Waals surface area contributed by atoms with Crippen LogP contribution in [0.1, 0.15) is 23.2 Å². The lowest BCUT2D eigenvalue weighted by Crippen LogP contribution is -2.29. The molecule has 0 radical (unpaired) electrons. The molecule has 1 aromatic carbocycles. The number of hydrogen-bond donors (Lipinski definition) is 3. The van der Waals surface area contributed by atoms with Crippen molar-refractivity contribution in [2.45, 2.75) is 17.7 Å². The molecule has 0 aliphatic heterocycles. The Labute approximate surface area is 118 Å². The molecule has 0 aromatic heterocycles. The smallest absolute Gasteiger partial charge is 0.251 e. The number of amides is 1. The van der Waals surface area contributed by atoms with E-state index < -0.39 is 10.0 Å². The van der Waals surface area contributed by atoms with Gasteiger partial charge in [0.15, 0.2) is 0 Å². The van der Waals surface area contributed by atoms with E-state index in [0.717, 1.165) is 12.8 Å². The second-order valence-corrected chi connectivity index (χ2v) is 6.63. The Kier molecular flexibility index (Phi) is 4.74. The Morgan fingerprint density at radius 2 is 2.10 bits per heavy atom. The second-order valence-electron chi connectivity index (χ2n) is 4.87. The third-order valence-electron chi connectivity index (χ3n) is 3.10. The van der Waals surface area contributed by atoms with Gasteiger partial charge in [0.05, 0.1) is 4.90 Å². The van der Waals surface area contributed by atoms with E-state index in [1.54, 1.807) is 12.1 Å². The quantitative estimate of drug-likeness (QED) is 0.662. The fourth-order valence-electron chi connectivity index (χ4n) is 1.73. The molecule has 0 spiro atoms. The summed E-state index contributed by atoms with van der Waals surface area (Å²) in [6.45, 7) is 1.16. The third kappa shape index (κ3) is 4.03. The first-order valence-corrected chi connectivity index (χ1v) is 8.09. The Hall–Kier alpha value is -1.44. The maximum absolute atomic E-state index is 12.1. The predicted octanol–water partition coefficient (Wildman–Crippen LogP) is 0.0634. The van der Waals surface area contributed by atoms with Crippen molar-refractivity contribution in [2.24, 2.45) is 11.7 Å². The average molecular weight is 297 g/mol. The van der Waals surface area contributed by atoms with Gasteiger partial charge in [-0.05, 0) is 37.0 Å². The van der Waals surface area contributed by atoms with Crippen molar-refractivity contribution in [3.05, 3.63) is 29.8 Å². The summed E-state index contributed by atoms with van der Waals surface area (Å²) in [5, 5.41) is 2.61. The van der Waals surface area contributed by atoms with Crippen molar-refractivity contribution in [3.63, 3.8) is 0 Å². The molecule has 0 unspecified atom stereocenters. The molecule has 1 amide bonds. The monoisotopic (exact) mass is 297 g/mol. The molecular weight excluding hydrogens is 278 g/mol. The van der Waals surface area contributed by atoms with E-state index >= 15 is 0 Å². The van der Waals surface area contributed by atoms with Crippen LogP contribution in [0.25, 0.3) is 0 Å². The van der Waals surface area contributed by atoms with Crippen molar-refractivity contribution < 1.29 is 13.2 Å². The lowest BCUT2D eigenvalue weighted by molar-refractivity contribution is 0.0954. The van der Waals surface area contributed by atoms with Crippen LogP contribution < -0.4 is 15.8 Å². The molecule has 1 aliphatic carbocycles. The summed E-state index contributed by atoms with van der Waals surface area (Å²) in [6.07, 6.45) is 2.15. The minimum absolute atomic E-state index is 0.110. The summed E-state index contributed by atoms with van der Waals surface area (Å²) in [4.78, 5) is 11.9. The summed E-state index contributed by atoms with van der Waals surface area (Å²) in [6, 6.07) is 5.99. The first kappa shape index (κ1) is 15.0. The highest BCUT2D eigenvalue weighted by molar-refractivity contribution is 7.89. The molecule has 0 bridgehead atoms. The SMILES string of the molecule is NCCNC(=O)c1cccc(S(=O)(=O)NCC2CC2)c1. The number of carbonyl (C=O) groups excluding carboxylic acids is 1. The Bertz CT molecular complexity index is 582. The standard InChI is InChI=1S/C13H19N3O3S/c14-6-7-15-13(17)11-2-1-3-12(8-11)20(18,19)16-9-10-4-5-10/h1-3,8,10,16H,4-7,9,14H2,(H,15,17). The van der Waals surface area contributed by atoms with Crippen molar-refractivity contribution in [3.8, 4) is 0 Å². The van der Waals surface area contributed by atoms with Crippen LogP contribution in [-0.2, 0) is 10.0 Å². The topological polar surface area (TPSA) is 101 Å². The van der Waals surface area contributed by atoms with Gasteiger partial charge in [0, 0.05) is 25.2 Å². The highest BCUT2D eigenvalue weighted by atomic mass is 32.2. The van der Waals surface area contributed by atoms with Gasteiger partial charge in [-0.2, -0.15) is 0 Å². The summed E-state index contributed by atoms with van der Waals surface area (Å²) < 4.78 is 26.7. The second kappa shape index (κ2) is 6.34. The van der Waals surface area contributed by atoms with Gasteiger partial charge in [-0.3, -0.25) is 4.79 Å². The lowest BCUT2D eigenvalue weighted by Gasteiger charge is -2.08. The van der Waals surface area contributed by atoms with E-state index in [1.807, 2.05) is 0 Å². The molecule has 4 N–H and O–H groups in total. The number of benzene rings is 1. The van der Waals surface area contributed by atoms with Crippen molar-refractivity contribution in [1.82, 2.24) is 10.0 Å². The number of rotatable bonds is 7. The van der Waals surface area contributed by atoms with Gasteiger partial charge >= 0.3 is 0 Å². The van der Waals surface area contributed by atoms with Gasteiger partial charge in [0.25, 0.3) is 5.91 Å². The Morgan fingerprint density at radius 3 is 2.75 bits per heavy atom. The van der Waals surface area contributed by atoms with Gasteiger partial charge in [0.1, 0.15) is 0 Å². The fourth-order valence-corrected chi connectivity index (χ4v) is 2.89. The van der Waals surface area contributed by atoms with Gasteiger partial charge < -0.3 is 11.1 Å². The molecule has 1 aromatic rings. The molecule has 0 atom stereocenters. The van der Waals surface area contributed by atoms with Crippen LogP contribution >= 0.6 is 0 Å². The van der Waals surface area contributed by atoms with Crippen molar-refractivity contribution in [2.75, 3.05) is 19.6 Å². The molecule has 7 heteroatoms. The highest BCUT2D eigenvalue weighted by Gasteiger charge is 2.24. The van der Waals surface area contributed by atoms with E-state index in [1.165, 1.54) is 12.1 Å². The van der Waals surface area contributed by atoms with E-state index in [0.29, 0.717) is 31.1 Å². The van der Waals surface area contributed by atoms with Crippen LogP contribution in [0.5, 0.6) is 0 Å². The van der Waals surface area contributed by atoms with Gasteiger partial charge in [-0.25, -0.2) is 13.1 Å². The molecule has 1 aliphatic rings. The molecule has 0 heterocycles. The van der Waals surface area contributed by atoms with Gasteiger partial charge in [-0.1, -0.05) is 6.07 Å².